The van der Waals surface area contributed by atoms with Gasteiger partial charge < -0.3 is 5.32 Å². The molecule has 1 aliphatic rings. The van der Waals surface area contributed by atoms with Gasteiger partial charge in [0.25, 0.3) is 0 Å². The molecular formula is C23H27N. The third-order valence-corrected chi connectivity index (χ3v) is 5.35. The van der Waals surface area contributed by atoms with Crippen LogP contribution in [0.2, 0.25) is 0 Å². The number of allylic oxidation sites excluding steroid dienone is 3. The number of hydrogen-bond acceptors (Lipinski definition) is 1. The monoisotopic (exact) mass is 317 g/mol. The number of fused-ring (bicyclic) bond motifs is 1. The molecular weight excluding hydrogens is 290 g/mol. The molecule has 0 bridgehead atoms. The Morgan fingerprint density at radius 2 is 1.75 bits per heavy atom. The van der Waals surface area contributed by atoms with Crippen molar-refractivity contribution in [1.29, 1.82) is 0 Å². The Balaban J connectivity index is 2.21. The van der Waals surface area contributed by atoms with Gasteiger partial charge in [-0.1, -0.05) is 75.4 Å². The maximum atomic E-state index is 3.39. The maximum absolute atomic E-state index is 3.39. The van der Waals surface area contributed by atoms with Crippen LogP contribution in [0.5, 0.6) is 0 Å². The van der Waals surface area contributed by atoms with Gasteiger partial charge in [-0.15, -0.1) is 0 Å². The summed E-state index contributed by atoms with van der Waals surface area (Å²) in [5.74, 6) is 0.536. The van der Waals surface area contributed by atoms with Gasteiger partial charge in [0.2, 0.25) is 0 Å². The predicted molar refractivity (Wildman–Crippen MR) is 105 cm³/mol. The maximum Gasteiger partial charge on any atom is 0.0414 e. The molecule has 1 nitrogen and oxygen atoms in total. The fourth-order valence-electron chi connectivity index (χ4n) is 3.82. The van der Waals surface area contributed by atoms with Gasteiger partial charge in [0.1, 0.15) is 0 Å². The first-order chi connectivity index (χ1) is 11.6. The minimum Gasteiger partial charge on any atom is -0.388 e. The molecule has 124 valence electrons. The molecule has 1 unspecified atom stereocenters. The molecule has 2 aromatic rings. The van der Waals surface area contributed by atoms with E-state index in [-0.39, 0.29) is 5.41 Å². The van der Waals surface area contributed by atoms with Crippen molar-refractivity contribution in [3.05, 3.63) is 77.9 Å². The topological polar surface area (TPSA) is 12.0 Å². The Hall–Kier alpha value is -2.28. The zero-order chi connectivity index (χ0) is 17.2. The molecule has 0 radical (unpaired) electrons. The van der Waals surface area contributed by atoms with Crippen LogP contribution in [0, 0.1) is 5.92 Å². The summed E-state index contributed by atoms with van der Waals surface area (Å²) in [4.78, 5) is 0. The Morgan fingerprint density at radius 3 is 2.42 bits per heavy atom. The van der Waals surface area contributed by atoms with Crippen LogP contribution in [0.15, 0.2) is 66.8 Å². The summed E-state index contributed by atoms with van der Waals surface area (Å²) in [6.07, 6.45) is 7.91. The standard InChI is InChI=1S/C23H27N/c1-5-19-12-9-13-22(24-4)20-16-18(17-10-7-6-8-11-17)14-15-21(20)23(19,2)3/h6-16,19,24H,5H2,1-4H3/b12-9-,22-13-. The summed E-state index contributed by atoms with van der Waals surface area (Å²) < 4.78 is 0. The first kappa shape index (κ1) is 16.6. The molecule has 0 saturated carbocycles. The lowest BCUT2D eigenvalue weighted by Gasteiger charge is -2.36. The Morgan fingerprint density at radius 1 is 1.00 bits per heavy atom. The fraction of sp³-hybridized carbons (Fsp3) is 0.304. The Kier molecular flexibility index (Phi) is 4.62. The number of rotatable bonds is 3. The molecule has 3 rings (SSSR count). The molecule has 1 heteroatoms. The van der Waals surface area contributed by atoms with Gasteiger partial charge in [0.05, 0.1) is 0 Å². The van der Waals surface area contributed by atoms with Gasteiger partial charge >= 0.3 is 0 Å². The molecule has 1 atom stereocenters. The summed E-state index contributed by atoms with van der Waals surface area (Å²) in [6.45, 7) is 7.01. The smallest absolute Gasteiger partial charge is 0.0414 e. The second-order valence-electron chi connectivity index (χ2n) is 7.08. The van der Waals surface area contributed by atoms with E-state index >= 15 is 0 Å². The SMILES string of the molecule is CCC1/C=C\C=C(/NC)c2cc(-c3ccccc3)ccc2C1(C)C. The van der Waals surface area contributed by atoms with E-state index in [9.17, 15) is 0 Å². The molecule has 0 amide bonds. The minimum absolute atomic E-state index is 0.103. The normalized spacial score (nSPS) is 22.5. The summed E-state index contributed by atoms with van der Waals surface area (Å²) in [5, 5.41) is 3.39. The second kappa shape index (κ2) is 6.68. The van der Waals surface area contributed by atoms with Crippen LogP contribution < -0.4 is 5.32 Å². The van der Waals surface area contributed by atoms with Gasteiger partial charge in [0.15, 0.2) is 0 Å². The Labute approximate surface area is 146 Å². The number of benzene rings is 2. The highest BCUT2D eigenvalue weighted by molar-refractivity contribution is 5.76. The van der Waals surface area contributed by atoms with Crippen molar-refractivity contribution in [2.75, 3.05) is 7.05 Å². The average molecular weight is 317 g/mol. The molecule has 0 spiro atoms. The molecule has 1 N–H and O–H groups in total. The summed E-state index contributed by atoms with van der Waals surface area (Å²) >= 11 is 0. The van der Waals surface area contributed by atoms with Crippen LogP contribution in [-0.4, -0.2) is 7.05 Å². The highest BCUT2D eigenvalue weighted by atomic mass is 14.8. The van der Waals surface area contributed by atoms with E-state index in [0.717, 1.165) is 6.42 Å². The van der Waals surface area contributed by atoms with Crippen LogP contribution in [-0.2, 0) is 5.41 Å². The predicted octanol–water partition coefficient (Wildman–Crippen LogP) is 5.79. The highest BCUT2D eigenvalue weighted by Gasteiger charge is 2.32. The van der Waals surface area contributed by atoms with Gasteiger partial charge in [0, 0.05) is 18.3 Å². The third-order valence-electron chi connectivity index (χ3n) is 5.35. The first-order valence-electron chi connectivity index (χ1n) is 8.84. The second-order valence-corrected chi connectivity index (χ2v) is 7.08. The van der Waals surface area contributed by atoms with Gasteiger partial charge in [-0.25, -0.2) is 0 Å². The molecule has 24 heavy (non-hydrogen) atoms. The van der Waals surface area contributed by atoms with Crippen molar-refractivity contribution in [2.45, 2.75) is 32.6 Å². The lowest BCUT2D eigenvalue weighted by atomic mass is 9.69. The largest absolute Gasteiger partial charge is 0.388 e. The first-order valence-corrected chi connectivity index (χ1v) is 8.84. The van der Waals surface area contributed by atoms with E-state index in [2.05, 4.69) is 92.8 Å². The van der Waals surface area contributed by atoms with Crippen molar-refractivity contribution in [3.63, 3.8) is 0 Å². The summed E-state index contributed by atoms with van der Waals surface area (Å²) in [6, 6.07) is 17.5. The third kappa shape index (κ3) is 2.91. The molecule has 0 saturated heterocycles. The van der Waals surface area contributed by atoms with E-state index in [4.69, 9.17) is 0 Å². The van der Waals surface area contributed by atoms with E-state index < -0.39 is 0 Å². The molecule has 0 fully saturated rings. The van der Waals surface area contributed by atoms with Crippen molar-refractivity contribution in [2.24, 2.45) is 5.92 Å². The van der Waals surface area contributed by atoms with Crippen LogP contribution in [0.25, 0.3) is 16.8 Å². The van der Waals surface area contributed by atoms with Crippen LogP contribution in [0.3, 0.4) is 0 Å². The van der Waals surface area contributed by atoms with Gasteiger partial charge in [-0.2, -0.15) is 0 Å². The molecule has 1 aliphatic carbocycles. The minimum atomic E-state index is 0.103. The van der Waals surface area contributed by atoms with E-state index in [1.165, 1.54) is 28.0 Å². The van der Waals surface area contributed by atoms with Crippen molar-refractivity contribution < 1.29 is 0 Å². The summed E-state index contributed by atoms with van der Waals surface area (Å²) in [5.41, 5.74) is 6.54. The van der Waals surface area contributed by atoms with Crippen LogP contribution in [0.4, 0.5) is 0 Å². The molecule has 0 aliphatic heterocycles. The van der Waals surface area contributed by atoms with Crippen LogP contribution in [0.1, 0.15) is 38.3 Å². The van der Waals surface area contributed by atoms with E-state index in [1.54, 1.807) is 0 Å². The molecule has 2 aromatic carbocycles. The lowest BCUT2D eigenvalue weighted by molar-refractivity contribution is 0.371. The van der Waals surface area contributed by atoms with E-state index in [1.807, 2.05) is 7.05 Å². The Bertz CT molecular complexity index is 766. The van der Waals surface area contributed by atoms with Gasteiger partial charge in [-0.3, -0.25) is 0 Å². The summed E-state index contributed by atoms with van der Waals surface area (Å²) in [7, 11) is 2.00. The average Bonchev–Trinajstić information content (AvgIpc) is 2.61. The van der Waals surface area contributed by atoms with Gasteiger partial charge in [-0.05, 0) is 46.6 Å². The van der Waals surface area contributed by atoms with E-state index in [0.29, 0.717) is 5.92 Å². The molecule has 0 heterocycles. The van der Waals surface area contributed by atoms with Crippen molar-refractivity contribution in [1.82, 2.24) is 5.32 Å². The van der Waals surface area contributed by atoms with Crippen LogP contribution >= 0.6 is 0 Å². The fourth-order valence-corrected chi connectivity index (χ4v) is 3.82. The highest BCUT2D eigenvalue weighted by Crippen LogP contribution is 2.41. The zero-order valence-electron chi connectivity index (χ0n) is 15.1. The number of nitrogens with one attached hydrogen (secondary N) is 1. The van der Waals surface area contributed by atoms with Crippen molar-refractivity contribution >= 4 is 5.70 Å². The quantitative estimate of drug-likeness (QED) is 0.755. The number of hydrogen-bond donors (Lipinski definition) is 1. The van der Waals surface area contributed by atoms with Crippen molar-refractivity contribution in [3.8, 4) is 11.1 Å². The zero-order valence-corrected chi connectivity index (χ0v) is 15.1. The molecule has 0 aromatic heterocycles. The lowest BCUT2D eigenvalue weighted by Crippen LogP contribution is -2.29.